The topological polar surface area (TPSA) is 40.5 Å². The summed E-state index contributed by atoms with van der Waals surface area (Å²) in [7, 11) is 0. The van der Waals surface area contributed by atoms with Gasteiger partial charge >= 0.3 is 6.09 Å². The molecule has 1 N–H and O–H groups in total. The molecule has 1 aliphatic rings. The normalized spacial score (nSPS) is 28.1. The van der Waals surface area contributed by atoms with Crippen LogP contribution in [0.15, 0.2) is 0 Å². The van der Waals surface area contributed by atoms with Gasteiger partial charge in [0.05, 0.1) is 0 Å². The van der Waals surface area contributed by atoms with E-state index in [-0.39, 0.29) is 11.5 Å². The molecule has 14 heavy (non-hydrogen) atoms. The number of amides is 1. The Bertz CT molecular complexity index is 225. The Kier molecular flexibility index (Phi) is 3.66. The van der Waals surface area contributed by atoms with Gasteiger partial charge in [-0.1, -0.05) is 43.4 Å². The number of halogens is 1. The summed E-state index contributed by atoms with van der Waals surface area (Å²) in [6, 6.07) is 0.178. The predicted octanol–water partition coefficient (Wildman–Crippen LogP) is 2.84. The van der Waals surface area contributed by atoms with E-state index in [1.54, 1.807) is 4.90 Å². The van der Waals surface area contributed by atoms with Gasteiger partial charge in [-0.3, -0.25) is 0 Å². The van der Waals surface area contributed by atoms with Gasteiger partial charge in [-0.25, -0.2) is 4.79 Å². The van der Waals surface area contributed by atoms with Crippen molar-refractivity contribution < 1.29 is 9.90 Å². The molecule has 4 heteroatoms. The van der Waals surface area contributed by atoms with E-state index in [4.69, 9.17) is 5.11 Å². The van der Waals surface area contributed by atoms with Crippen LogP contribution in [-0.4, -0.2) is 33.1 Å². The lowest BCUT2D eigenvalue weighted by Gasteiger charge is -2.36. The Hall–Kier alpha value is 0. The van der Waals surface area contributed by atoms with Crippen LogP contribution in [0.2, 0.25) is 0 Å². The van der Waals surface area contributed by atoms with Crippen LogP contribution in [0.1, 0.15) is 27.2 Å². The molecule has 0 spiro atoms. The second kappa shape index (κ2) is 4.24. The summed E-state index contributed by atoms with van der Waals surface area (Å²) in [6.07, 6.45) is 0.245. The first-order valence-corrected chi connectivity index (χ1v) is 6.46. The average molecular weight is 311 g/mol. The molecule has 1 heterocycles. The van der Waals surface area contributed by atoms with E-state index in [1.807, 2.05) is 0 Å². The molecule has 0 saturated carbocycles. The monoisotopic (exact) mass is 311 g/mol. The average Bonchev–Trinajstić information content (AvgIpc) is 2.45. The Labute approximate surface area is 99.0 Å². The summed E-state index contributed by atoms with van der Waals surface area (Å²) in [5.41, 5.74) is 0.0464. The lowest BCUT2D eigenvalue weighted by molar-refractivity contribution is 0.0950. The van der Waals surface area contributed by atoms with Crippen molar-refractivity contribution in [2.24, 2.45) is 11.3 Å². The minimum atomic E-state index is -0.766. The zero-order valence-corrected chi connectivity index (χ0v) is 11.1. The molecule has 82 valence electrons. The molecular formula is C10H18INO2. The fourth-order valence-electron chi connectivity index (χ4n) is 2.41. The second-order valence-corrected chi connectivity index (χ2v) is 5.87. The first-order valence-electron chi connectivity index (χ1n) is 4.93. The van der Waals surface area contributed by atoms with Gasteiger partial charge in [0.25, 0.3) is 0 Å². The van der Waals surface area contributed by atoms with Crippen LogP contribution >= 0.6 is 22.6 Å². The molecule has 1 amide bonds. The standard InChI is InChI=1S/C10H18INO2/c1-10(2,3)8-7(6-11)4-5-12(8)9(13)14/h7-8H,4-6H2,1-3H3,(H,13,14)/t7-,8?/m0/s1. The highest BCUT2D eigenvalue weighted by atomic mass is 127. The maximum absolute atomic E-state index is 11.0. The van der Waals surface area contributed by atoms with E-state index in [0.29, 0.717) is 12.5 Å². The Morgan fingerprint density at radius 2 is 2.14 bits per heavy atom. The molecule has 1 aliphatic heterocycles. The molecule has 2 atom stereocenters. The number of alkyl halides is 1. The first kappa shape index (κ1) is 12.1. The SMILES string of the molecule is CC(C)(C)C1[C@H](CI)CCN1C(=O)O. The third-order valence-corrected chi connectivity index (χ3v) is 3.99. The molecule has 0 radical (unpaired) electrons. The van der Waals surface area contributed by atoms with Crippen molar-refractivity contribution in [3.05, 3.63) is 0 Å². The fourth-order valence-corrected chi connectivity index (χ4v) is 3.33. The van der Waals surface area contributed by atoms with Crippen molar-refractivity contribution in [1.82, 2.24) is 4.90 Å². The summed E-state index contributed by atoms with van der Waals surface area (Å²) in [4.78, 5) is 12.7. The zero-order valence-electron chi connectivity index (χ0n) is 8.96. The zero-order chi connectivity index (χ0) is 10.9. The second-order valence-electron chi connectivity index (χ2n) is 4.99. The van der Waals surface area contributed by atoms with Crippen molar-refractivity contribution in [2.45, 2.75) is 33.2 Å². The molecule has 1 saturated heterocycles. The van der Waals surface area contributed by atoms with E-state index in [9.17, 15) is 4.79 Å². The van der Waals surface area contributed by atoms with Crippen LogP contribution in [0.25, 0.3) is 0 Å². The van der Waals surface area contributed by atoms with Crippen molar-refractivity contribution in [3.63, 3.8) is 0 Å². The van der Waals surface area contributed by atoms with Crippen molar-refractivity contribution >= 4 is 28.7 Å². The molecular weight excluding hydrogens is 293 g/mol. The molecule has 3 nitrogen and oxygen atoms in total. The van der Waals surface area contributed by atoms with E-state index >= 15 is 0 Å². The maximum Gasteiger partial charge on any atom is 0.407 e. The smallest absolute Gasteiger partial charge is 0.407 e. The van der Waals surface area contributed by atoms with E-state index in [1.165, 1.54) is 0 Å². The Balaban J connectivity index is 2.86. The van der Waals surface area contributed by atoms with Gasteiger partial charge in [0, 0.05) is 17.0 Å². The van der Waals surface area contributed by atoms with Gasteiger partial charge in [0.1, 0.15) is 0 Å². The third kappa shape index (κ3) is 2.32. The minimum absolute atomic E-state index is 0.0464. The predicted molar refractivity (Wildman–Crippen MR) is 65.0 cm³/mol. The van der Waals surface area contributed by atoms with Crippen LogP contribution in [0.5, 0.6) is 0 Å². The lowest BCUT2D eigenvalue weighted by atomic mass is 9.80. The van der Waals surface area contributed by atoms with Gasteiger partial charge in [-0.05, 0) is 17.8 Å². The number of rotatable bonds is 1. The van der Waals surface area contributed by atoms with Crippen LogP contribution in [0, 0.1) is 11.3 Å². The van der Waals surface area contributed by atoms with Crippen LogP contribution in [0.3, 0.4) is 0 Å². The Morgan fingerprint density at radius 1 is 1.57 bits per heavy atom. The van der Waals surface area contributed by atoms with Crippen LogP contribution in [0.4, 0.5) is 4.79 Å². The number of hydrogen-bond acceptors (Lipinski definition) is 1. The van der Waals surface area contributed by atoms with Crippen molar-refractivity contribution in [1.29, 1.82) is 0 Å². The lowest BCUT2D eigenvalue weighted by Crippen LogP contribution is -2.45. The molecule has 1 fully saturated rings. The summed E-state index contributed by atoms with van der Waals surface area (Å²) >= 11 is 2.36. The molecule has 1 rings (SSSR count). The van der Waals surface area contributed by atoms with Gasteiger partial charge in [0.2, 0.25) is 0 Å². The van der Waals surface area contributed by atoms with E-state index < -0.39 is 6.09 Å². The number of hydrogen-bond donors (Lipinski definition) is 1. The van der Waals surface area contributed by atoms with Gasteiger partial charge in [-0.15, -0.1) is 0 Å². The summed E-state index contributed by atoms with van der Waals surface area (Å²) in [5.74, 6) is 0.520. The number of nitrogens with zero attached hydrogens (tertiary/aromatic N) is 1. The summed E-state index contributed by atoms with van der Waals surface area (Å²) in [5, 5.41) is 9.08. The molecule has 0 bridgehead atoms. The van der Waals surface area contributed by atoms with Gasteiger partial charge in [0.15, 0.2) is 0 Å². The fraction of sp³-hybridized carbons (Fsp3) is 0.900. The minimum Gasteiger partial charge on any atom is -0.465 e. The first-order chi connectivity index (χ1) is 6.38. The van der Waals surface area contributed by atoms with Crippen LogP contribution in [-0.2, 0) is 0 Å². The van der Waals surface area contributed by atoms with Gasteiger partial charge < -0.3 is 10.0 Å². The molecule has 1 unspecified atom stereocenters. The van der Waals surface area contributed by atoms with Crippen molar-refractivity contribution in [3.8, 4) is 0 Å². The van der Waals surface area contributed by atoms with Gasteiger partial charge in [-0.2, -0.15) is 0 Å². The summed E-state index contributed by atoms with van der Waals surface area (Å²) in [6.45, 7) is 7.07. The molecule has 0 aromatic carbocycles. The van der Waals surface area contributed by atoms with Crippen molar-refractivity contribution in [2.75, 3.05) is 11.0 Å². The molecule has 0 aromatic heterocycles. The third-order valence-electron chi connectivity index (χ3n) is 2.85. The van der Waals surface area contributed by atoms with Crippen LogP contribution < -0.4 is 0 Å². The molecule has 0 aliphatic carbocycles. The quantitative estimate of drug-likeness (QED) is 0.597. The molecule has 0 aromatic rings. The largest absolute Gasteiger partial charge is 0.465 e. The Morgan fingerprint density at radius 3 is 2.50 bits per heavy atom. The number of carbonyl (C=O) groups is 1. The van der Waals surface area contributed by atoms with E-state index in [0.717, 1.165) is 10.8 Å². The highest BCUT2D eigenvalue weighted by Crippen LogP contribution is 2.37. The number of likely N-dealkylation sites (tertiary alicyclic amines) is 1. The highest BCUT2D eigenvalue weighted by molar-refractivity contribution is 14.1. The maximum atomic E-state index is 11.0. The van der Waals surface area contributed by atoms with E-state index in [2.05, 4.69) is 43.4 Å². The summed E-state index contributed by atoms with van der Waals surface area (Å²) < 4.78 is 1.05. The highest BCUT2D eigenvalue weighted by Gasteiger charge is 2.43. The number of carboxylic acid groups (broad SMARTS) is 1.